The fourth-order valence-electron chi connectivity index (χ4n) is 4.18. The zero-order valence-electron chi connectivity index (χ0n) is 16.7. The summed E-state index contributed by atoms with van der Waals surface area (Å²) in [7, 11) is 0. The lowest BCUT2D eigenvalue weighted by molar-refractivity contribution is -0.0876. The molecule has 0 spiro atoms. The molecule has 0 aromatic carbocycles. The second kappa shape index (κ2) is 7.38. The van der Waals surface area contributed by atoms with E-state index in [1.807, 2.05) is 4.90 Å². The molecular weight excluding hydrogens is 399 g/mol. The molecule has 2 saturated heterocycles. The van der Waals surface area contributed by atoms with Crippen molar-refractivity contribution in [1.82, 2.24) is 25.1 Å². The predicted molar refractivity (Wildman–Crippen MR) is 104 cm³/mol. The Balaban J connectivity index is 1.28. The molecule has 8 nitrogen and oxygen atoms in total. The largest absolute Gasteiger partial charge is 0.378 e. The molecule has 11 heteroatoms. The molecule has 0 radical (unpaired) electrons. The second-order valence-electron chi connectivity index (χ2n) is 8.27. The van der Waals surface area contributed by atoms with Crippen LogP contribution in [0.15, 0.2) is 6.07 Å². The minimum absolute atomic E-state index is 0.0318. The van der Waals surface area contributed by atoms with E-state index in [4.69, 9.17) is 4.74 Å². The van der Waals surface area contributed by atoms with Crippen LogP contribution in [-0.4, -0.2) is 76.4 Å². The lowest BCUT2D eigenvalue weighted by atomic mass is 9.79. The Morgan fingerprint density at radius 2 is 1.90 bits per heavy atom. The average Bonchev–Trinajstić information content (AvgIpc) is 3.10. The molecule has 3 aliphatic rings. The summed E-state index contributed by atoms with van der Waals surface area (Å²) in [5.74, 6) is -2.32. The molecule has 2 N–H and O–H groups in total. The number of hydrogen-bond acceptors (Lipinski definition) is 7. The number of aromatic amines is 1. The number of rotatable bonds is 5. The van der Waals surface area contributed by atoms with Gasteiger partial charge in [0, 0.05) is 56.7 Å². The highest BCUT2D eigenvalue weighted by Crippen LogP contribution is 2.48. The maximum absolute atomic E-state index is 15.2. The van der Waals surface area contributed by atoms with E-state index in [1.54, 1.807) is 13.0 Å². The van der Waals surface area contributed by atoms with Gasteiger partial charge in [0.25, 0.3) is 0 Å². The molecule has 1 saturated carbocycles. The van der Waals surface area contributed by atoms with Crippen molar-refractivity contribution in [1.29, 1.82) is 0 Å². The molecule has 2 aromatic rings. The van der Waals surface area contributed by atoms with Crippen LogP contribution >= 0.6 is 0 Å². The van der Waals surface area contributed by atoms with Crippen molar-refractivity contribution in [2.45, 2.75) is 37.6 Å². The van der Waals surface area contributed by atoms with Gasteiger partial charge < -0.3 is 15.0 Å². The van der Waals surface area contributed by atoms with Crippen LogP contribution in [0.25, 0.3) is 0 Å². The first-order chi connectivity index (χ1) is 14.4. The van der Waals surface area contributed by atoms with Gasteiger partial charge in [0.05, 0.1) is 19.3 Å². The van der Waals surface area contributed by atoms with E-state index in [0.29, 0.717) is 36.5 Å². The van der Waals surface area contributed by atoms with E-state index in [0.717, 1.165) is 26.3 Å². The lowest BCUT2D eigenvalue weighted by Gasteiger charge is -2.42. The van der Waals surface area contributed by atoms with E-state index >= 15 is 4.39 Å². The van der Waals surface area contributed by atoms with Crippen molar-refractivity contribution in [3.63, 3.8) is 0 Å². The maximum Gasteiger partial charge on any atom is 0.249 e. The average molecular weight is 423 g/mol. The van der Waals surface area contributed by atoms with Crippen molar-refractivity contribution in [2.24, 2.45) is 0 Å². The summed E-state index contributed by atoms with van der Waals surface area (Å²) in [6.45, 7) is 6.24. The van der Waals surface area contributed by atoms with Gasteiger partial charge in [0.15, 0.2) is 17.5 Å². The lowest BCUT2D eigenvalue weighted by Crippen LogP contribution is -2.56. The van der Waals surface area contributed by atoms with Gasteiger partial charge in [-0.1, -0.05) is 0 Å². The Labute approximate surface area is 171 Å². The molecule has 30 heavy (non-hydrogen) atoms. The molecule has 2 aromatic heterocycles. The number of piperazine rings is 1. The molecule has 2 aliphatic heterocycles. The molecule has 0 atom stereocenters. The third kappa shape index (κ3) is 3.71. The fourth-order valence-corrected chi connectivity index (χ4v) is 4.18. The van der Waals surface area contributed by atoms with E-state index in [2.05, 4.69) is 30.4 Å². The summed E-state index contributed by atoms with van der Waals surface area (Å²) >= 11 is 0. The third-order valence-electron chi connectivity index (χ3n) is 6.07. The predicted octanol–water partition coefficient (Wildman–Crippen LogP) is 2.42. The van der Waals surface area contributed by atoms with Crippen LogP contribution in [0.5, 0.6) is 0 Å². The smallest absolute Gasteiger partial charge is 0.249 e. The van der Waals surface area contributed by atoms with Crippen LogP contribution in [0.4, 0.5) is 30.6 Å². The summed E-state index contributed by atoms with van der Waals surface area (Å²) < 4.78 is 46.7. The Morgan fingerprint density at radius 3 is 2.53 bits per heavy atom. The van der Waals surface area contributed by atoms with E-state index in [1.165, 1.54) is 0 Å². The van der Waals surface area contributed by atoms with Gasteiger partial charge >= 0.3 is 0 Å². The van der Waals surface area contributed by atoms with Gasteiger partial charge in [-0.2, -0.15) is 9.49 Å². The number of nitrogens with one attached hydrogen (secondary N) is 2. The SMILES string of the molecule is Cc1nc(Nc2cc(C3CC(F)(F)C3)[nH]n2)c(F)c(N2CCN(C3COC3)CC2)n1. The van der Waals surface area contributed by atoms with Gasteiger partial charge in [-0.15, -0.1) is 0 Å². The molecule has 162 valence electrons. The van der Waals surface area contributed by atoms with Gasteiger partial charge in [-0.25, -0.2) is 18.7 Å². The molecule has 0 unspecified atom stereocenters. The minimum atomic E-state index is -2.61. The normalized spacial score (nSPS) is 22.6. The Kier molecular flexibility index (Phi) is 4.81. The first-order valence-corrected chi connectivity index (χ1v) is 10.2. The van der Waals surface area contributed by atoms with Crippen LogP contribution in [0.3, 0.4) is 0 Å². The summed E-state index contributed by atoms with van der Waals surface area (Å²) in [4.78, 5) is 12.8. The summed E-state index contributed by atoms with van der Waals surface area (Å²) in [5.41, 5.74) is 0.617. The van der Waals surface area contributed by atoms with Crippen molar-refractivity contribution in [2.75, 3.05) is 49.6 Å². The number of alkyl halides is 2. The van der Waals surface area contributed by atoms with Crippen LogP contribution in [-0.2, 0) is 4.74 Å². The zero-order chi connectivity index (χ0) is 20.9. The Hall–Kier alpha value is -2.40. The highest BCUT2D eigenvalue weighted by molar-refractivity contribution is 5.59. The molecule has 0 bridgehead atoms. The number of anilines is 3. The van der Waals surface area contributed by atoms with Crippen molar-refractivity contribution in [3.05, 3.63) is 23.4 Å². The highest BCUT2D eigenvalue weighted by Gasteiger charge is 2.46. The summed E-state index contributed by atoms with van der Waals surface area (Å²) in [6, 6.07) is 2.10. The number of H-pyrrole nitrogens is 1. The van der Waals surface area contributed by atoms with E-state index in [-0.39, 0.29) is 30.4 Å². The van der Waals surface area contributed by atoms with Crippen LogP contribution in [0.1, 0.15) is 30.3 Å². The van der Waals surface area contributed by atoms with Crippen molar-refractivity contribution >= 4 is 17.5 Å². The van der Waals surface area contributed by atoms with E-state index in [9.17, 15) is 8.78 Å². The van der Waals surface area contributed by atoms with Crippen molar-refractivity contribution < 1.29 is 17.9 Å². The molecule has 3 fully saturated rings. The van der Waals surface area contributed by atoms with Gasteiger partial charge in [-0.05, 0) is 6.92 Å². The van der Waals surface area contributed by atoms with Gasteiger partial charge in [0.1, 0.15) is 5.82 Å². The monoisotopic (exact) mass is 423 g/mol. The first kappa shape index (κ1) is 19.6. The summed E-state index contributed by atoms with van der Waals surface area (Å²) in [5, 5.41) is 9.72. The molecule has 0 amide bonds. The van der Waals surface area contributed by atoms with Crippen LogP contribution < -0.4 is 10.2 Å². The number of aryl methyl sites for hydroxylation is 1. The highest BCUT2D eigenvalue weighted by atomic mass is 19.3. The number of hydrogen-bond donors (Lipinski definition) is 2. The van der Waals surface area contributed by atoms with E-state index < -0.39 is 11.7 Å². The second-order valence-corrected chi connectivity index (χ2v) is 8.27. The molecule has 4 heterocycles. The topological polar surface area (TPSA) is 82.2 Å². The number of halogens is 3. The van der Waals surface area contributed by atoms with Gasteiger partial charge in [-0.3, -0.25) is 10.00 Å². The molecule has 5 rings (SSSR count). The summed E-state index contributed by atoms with van der Waals surface area (Å²) in [6.07, 6.45) is -0.391. The number of nitrogens with zero attached hydrogens (tertiary/aromatic N) is 5. The fraction of sp³-hybridized carbons (Fsp3) is 0.632. The van der Waals surface area contributed by atoms with Crippen LogP contribution in [0, 0.1) is 12.7 Å². The zero-order valence-corrected chi connectivity index (χ0v) is 16.7. The first-order valence-electron chi connectivity index (χ1n) is 10.2. The number of ether oxygens (including phenoxy) is 1. The van der Waals surface area contributed by atoms with Gasteiger partial charge in [0.2, 0.25) is 11.7 Å². The number of aromatic nitrogens is 4. The van der Waals surface area contributed by atoms with Crippen LogP contribution in [0.2, 0.25) is 0 Å². The Bertz CT molecular complexity index is 917. The standard InChI is InChI=1S/C19H24F3N7O/c1-11-23-17(25-15-6-14(26-27-15)12-7-19(21,22)8-12)16(20)18(24-11)29-4-2-28(3-5-29)13-9-30-10-13/h6,12-13H,2-5,7-10H2,1H3,(H2,23,24,25,26,27). The quantitative estimate of drug-likeness (QED) is 0.764. The maximum atomic E-state index is 15.2. The minimum Gasteiger partial charge on any atom is -0.378 e. The van der Waals surface area contributed by atoms with Crippen molar-refractivity contribution in [3.8, 4) is 0 Å². The molecular formula is C19H24F3N7O. The third-order valence-corrected chi connectivity index (χ3v) is 6.07. The molecule has 1 aliphatic carbocycles. The Morgan fingerprint density at radius 1 is 1.17 bits per heavy atom.